The lowest BCUT2D eigenvalue weighted by atomic mass is 10.0. The van der Waals surface area contributed by atoms with Crippen molar-refractivity contribution in [1.82, 2.24) is 58.3 Å². The number of hydrogen-bond donors (Lipinski definition) is 3. The summed E-state index contributed by atoms with van der Waals surface area (Å²) in [5.74, 6) is -20.8. The predicted molar refractivity (Wildman–Crippen MR) is 508 cm³/mol. The van der Waals surface area contributed by atoms with Gasteiger partial charge in [-0.05, 0) is 131 Å². The summed E-state index contributed by atoms with van der Waals surface area (Å²) in [6, 6.07) is 13.8. The van der Waals surface area contributed by atoms with E-state index in [0.29, 0.717) is 33.8 Å². The third kappa shape index (κ3) is 17.6. The van der Waals surface area contributed by atoms with E-state index in [0.717, 1.165) is 13.7 Å². The molecule has 3 fully saturated rings. The summed E-state index contributed by atoms with van der Waals surface area (Å²) in [6.45, 7) is 34.2. The topological polar surface area (TPSA) is 346 Å². The molecule has 714 valence electrons. The number of amides is 3. The SMILES string of the molecule is C=CC(=O)N1CCN(c2c(C#N)c(=O)n(-c3c(C)ccnc3C(C)C)c3nc(-c4c(F)c(O)c(Cl)c(F)c4F)c(Cl)cc23)C[C@H]1C.C=CC(=O)N1CCN(c2c(C#N)c(=O)n(-c3c(C)ccnc3C(C)C)c3nc(-c4c(F)c(O)c(Cl)c(F)c4F)c(Cl)cc23)C[C@H]1C.C=CC(=O)N1CCN(c2c(C#N)c(=O)n(-c3c(C)ccnc3C(C)C)c3nc(-c4c(F)c(O)c(Cl)c(F)c4F)c(Cl)cc23)C[C@H]1C. The second-order valence-electron chi connectivity index (χ2n) is 33.6. The lowest BCUT2D eigenvalue weighted by molar-refractivity contribution is -0.129. The van der Waals surface area contributed by atoms with Crippen molar-refractivity contribution in [2.45, 2.75) is 119 Å². The minimum absolute atomic E-state index is 0.149. The lowest BCUT2D eigenvalue weighted by Gasteiger charge is -2.41. The molecule has 3 saturated heterocycles. The van der Waals surface area contributed by atoms with Crippen molar-refractivity contribution in [3.05, 3.63) is 257 Å². The summed E-state index contributed by atoms with van der Waals surface area (Å²) in [6.07, 6.45) is 8.29. The molecular weight excluding hydrogens is 1930 g/mol. The molecule has 3 aliphatic heterocycles. The van der Waals surface area contributed by atoms with Gasteiger partial charge in [-0.1, -0.05) is 131 Å². The van der Waals surface area contributed by atoms with Gasteiger partial charge < -0.3 is 44.7 Å². The van der Waals surface area contributed by atoms with Gasteiger partial charge in [0.15, 0.2) is 69.6 Å². The Labute approximate surface area is 811 Å². The molecule has 12 heterocycles. The number of piperazine rings is 3. The molecule has 15 rings (SSSR count). The minimum Gasteiger partial charge on any atom is -0.504 e. The molecule has 9 aromatic heterocycles. The standard InChI is InChI=1S/3C32H27Cl2F3N6O3/c3*1-6-20(44)42-10-9-41(13-16(42)5)29-17-11-19(33)27(21-23(35)25(37)22(34)30(45)24(21)36)40-31(17)43(32(46)18(29)12-38)28-15(4)7-8-39-26(28)14(2)3/h3*6-8,11,14,16,45H,1,9-10,13H2,2-5H3/t3*16-/m111/s1. The Balaban J connectivity index is 0.000000175. The fourth-order valence-electron chi connectivity index (χ4n) is 17.4. The van der Waals surface area contributed by atoms with Crippen molar-refractivity contribution in [3.63, 3.8) is 0 Å². The Morgan fingerprint density at radius 3 is 0.833 bits per heavy atom. The number of aryl methyl sites for hydroxylation is 3. The molecule has 3 N–H and O–H groups in total. The van der Waals surface area contributed by atoms with E-state index in [-0.39, 0.29) is 211 Å². The maximum Gasteiger partial charge on any atom is 0.276 e. The molecule has 42 heteroatoms. The third-order valence-electron chi connectivity index (χ3n) is 24.0. The molecule has 0 aliphatic carbocycles. The summed E-state index contributed by atoms with van der Waals surface area (Å²) in [7, 11) is 0. The fourth-order valence-corrected chi connectivity index (χ4v) is 18.6. The first-order valence-electron chi connectivity index (χ1n) is 42.4. The first-order chi connectivity index (χ1) is 65.2. The Kier molecular flexibility index (Phi) is 29.5. The first kappa shape index (κ1) is 102. The van der Waals surface area contributed by atoms with Crippen LogP contribution in [0.15, 0.2) is 107 Å². The van der Waals surface area contributed by atoms with Gasteiger partial charge in [-0.2, -0.15) is 15.8 Å². The van der Waals surface area contributed by atoms with Gasteiger partial charge in [-0.15, -0.1) is 0 Å². The summed E-state index contributed by atoms with van der Waals surface area (Å²) in [5, 5.41) is 57.5. The van der Waals surface area contributed by atoms with E-state index in [2.05, 4.69) is 49.6 Å². The highest BCUT2D eigenvalue weighted by molar-refractivity contribution is 6.36. The predicted octanol–water partition coefficient (Wildman–Crippen LogP) is 19.2. The molecule has 0 saturated carbocycles. The number of phenolic OH excluding ortho intramolecular Hbond substituents is 3. The van der Waals surface area contributed by atoms with E-state index in [1.165, 1.54) is 36.4 Å². The number of halogens is 15. The molecule has 0 bridgehead atoms. The Morgan fingerprint density at radius 1 is 0.399 bits per heavy atom. The zero-order valence-corrected chi connectivity index (χ0v) is 79.9. The normalized spacial score (nSPS) is 15.0. The van der Waals surface area contributed by atoms with Gasteiger partial charge in [0.1, 0.15) is 66.9 Å². The van der Waals surface area contributed by atoms with Crippen molar-refractivity contribution in [3.8, 4) is 86.3 Å². The van der Waals surface area contributed by atoms with E-state index < -0.39 is 135 Å². The van der Waals surface area contributed by atoms with E-state index in [9.17, 15) is 73.0 Å². The van der Waals surface area contributed by atoms with Crippen LogP contribution in [-0.2, 0) is 14.4 Å². The number of hydrogen-bond acceptors (Lipinski definition) is 21. The fraction of sp³-hybridized carbons (Fsp3) is 0.281. The Hall–Kier alpha value is -13.8. The Bertz CT molecular complexity index is 6790. The number of aromatic nitrogens is 9. The van der Waals surface area contributed by atoms with Gasteiger partial charge >= 0.3 is 0 Å². The molecule has 12 aromatic rings. The highest BCUT2D eigenvalue weighted by Gasteiger charge is 2.40. The van der Waals surface area contributed by atoms with Crippen molar-refractivity contribution in [1.29, 1.82) is 15.8 Å². The number of carbonyl (C=O) groups excluding carboxylic acids is 3. The Morgan fingerprint density at radius 2 is 0.630 bits per heavy atom. The molecule has 3 atom stereocenters. The van der Waals surface area contributed by atoms with Crippen LogP contribution in [0.5, 0.6) is 17.2 Å². The maximum atomic E-state index is 15.4. The van der Waals surface area contributed by atoms with Gasteiger partial charge in [0.2, 0.25) is 17.7 Å². The van der Waals surface area contributed by atoms with Gasteiger partial charge in [0, 0.05) is 112 Å². The molecule has 3 aliphatic rings. The van der Waals surface area contributed by atoms with Crippen LogP contribution in [0.1, 0.15) is 131 Å². The lowest BCUT2D eigenvalue weighted by Crippen LogP contribution is -2.54. The van der Waals surface area contributed by atoms with E-state index in [1.54, 1.807) is 108 Å². The number of aromatic hydroxyl groups is 3. The number of phenols is 3. The largest absolute Gasteiger partial charge is 0.504 e. The van der Waals surface area contributed by atoms with Gasteiger partial charge in [0.05, 0.1) is 100 Å². The highest BCUT2D eigenvalue weighted by atomic mass is 35.5. The van der Waals surface area contributed by atoms with Crippen LogP contribution in [0.25, 0.3) is 83.9 Å². The number of carbonyl (C=O) groups is 3. The molecular formula is C96H81Cl6F9N18O9. The molecule has 0 unspecified atom stereocenters. The number of fused-ring (bicyclic) bond motifs is 3. The molecule has 27 nitrogen and oxygen atoms in total. The number of nitriles is 3. The quantitative estimate of drug-likeness (QED) is 0.0371. The summed E-state index contributed by atoms with van der Waals surface area (Å²) < 4.78 is 139. The number of rotatable bonds is 15. The van der Waals surface area contributed by atoms with Gasteiger partial charge in [-0.25, -0.2) is 54.5 Å². The smallest absolute Gasteiger partial charge is 0.276 e. The van der Waals surface area contributed by atoms with Gasteiger partial charge in [-0.3, -0.25) is 57.4 Å². The number of benzene rings is 3. The van der Waals surface area contributed by atoms with Crippen molar-refractivity contribution in [2.75, 3.05) is 73.6 Å². The molecule has 138 heavy (non-hydrogen) atoms. The van der Waals surface area contributed by atoms with Gasteiger partial charge in [0.25, 0.3) is 16.7 Å². The summed E-state index contributed by atoms with van der Waals surface area (Å²) in [4.78, 5) is 117. The highest BCUT2D eigenvalue weighted by Crippen LogP contribution is 2.49. The van der Waals surface area contributed by atoms with Crippen LogP contribution in [0.2, 0.25) is 30.1 Å². The minimum atomic E-state index is -1.76. The van der Waals surface area contributed by atoms with Crippen LogP contribution < -0.4 is 31.4 Å². The molecule has 0 spiro atoms. The van der Waals surface area contributed by atoms with Crippen LogP contribution in [0, 0.1) is 107 Å². The second-order valence-corrected chi connectivity index (χ2v) is 35.9. The zero-order valence-electron chi connectivity index (χ0n) is 75.4. The third-order valence-corrected chi connectivity index (χ3v) is 25.9. The van der Waals surface area contributed by atoms with Crippen molar-refractivity contribution < 1.29 is 69.2 Å². The molecule has 0 radical (unpaired) electrons. The van der Waals surface area contributed by atoms with E-state index >= 15 is 26.3 Å². The molecule has 3 amide bonds. The maximum absolute atomic E-state index is 15.4. The van der Waals surface area contributed by atoms with Crippen LogP contribution >= 0.6 is 69.6 Å². The van der Waals surface area contributed by atoms with Crippen LogP contribution in [0.3, 0.4) is 0 Å². The zero-order chi connectivity index (χ0) is 101. The number of nitrogens with zero attached hydrogens (tertiary/aromatic N) is 18. The average Bonchev–Trinajstić information content (AvgIpc) is 0.726. The summed E-state index contributed by atoms with van der Waals surface area (Å²) in [5.41, 5.74) is -4.41. The number of pyridine rings is 9. The monoisotopic (exact) mass is 2010 g/mol. The molecule has 3 aromatic carbocycles. The second kappa shape index (κ2) is 40.1. The first-order valence-corrected chi connectivity index (χ1v) is 44.7. The van der Waals surface area contributed by atoms with Crippen molar-refractivity contribution >= 4 is 137 Å². The van der Waals surface area contributed by atoms with Crippen LogP contribution in [0.4, 0.5) is 56.6 Å². The number of anilines is 3. The summed E-state index contributed by atoms with van der Waals surface area (Å²) >= 11 is 36.6. The van der Waals surface area contributed by atoms with E-state index in [1.807, 2.05) is 59.8 Å². The van der Waals surface area contributed by atoms with Crippen LogP contribution in [-0.4, -0.2) is 168 Å². The van der Waals surface area contributed by atoms with Crippen molar-refractivity contribution in [2.24, 2.45) is 0 Å². The van der Waals surface area contributed by atoms with E-state index in [4.69, 9.17) is 69.6 Å². The average molecular weight is 2010 g/mol.